The maximum Gasteiger partial charge on any atom is 0.247 e. The number of aliphatic hydroxyl groups excluding tert-OH is 1. The van der Waals surface area contributed by atoms with Crippen LogP contribution in [0.25, 0.3) is 5.57 Å². The molecule has 0 radical (unpaired) electrons. The van der Waals surface area contributed by atoms with Crippen LogP contribution in [0.15, 0.2) is 35.4 Å². The van der Waals surface area contributed by atoms with Crippen LogP contribution in [0.3, 0.4) is 0 Å². The number of rotatable bonds is 6. The third-order valence-electron chi connectivity index (χ3n) is 4.58. The van der Waals surface area contributed by atoms with Gasteiger partial charge in [-0.05, 0) is 38.2 Å². The first-order valence-corrected chi connectivity index (χ1v) is 10.2. The summed E-state index contributed by atoms with van der Waals surface area (Å²) in [6.45, 7) is 6.58. The summed E-state index contributed by atoms with van der Waals surface area (Å²) in [4.78, 5) is 25.6. The fourth-order valence-electron chi connectivity index (χ4n) is 3.05. The first-order chi connectivity index (χ1) is 14.1. The van der Waals surface area contributed by atoms with Gasteiger partial charge in [0.15, 0.2) is 5.82 Å². The number of pyridine rings is 1. The minimum absolute atomic E-state index is 0.105. The molecule has 0 aliphatic carbocycles. The van der Waals surface area contributed by atoms with Crippen molar-refractivity contribution in [2.24, 2.45) is 5.73 Å². The Morgan fingerprint density at radius 2 is 2.00 bits per heavy atom. The van der Waals surface area contributed by atoms with Gasteiger partial charge in [0.05, 0.1) is 0 Å². The Labute approximate surface area is 171 Å². The predicted octanol–water partition coefficient (Wildman–Crippen LogP) is 2.48. The Balaban J connectivity index is 0.000000941. The topological polar surface area (TPSA) is 120 Å². The molecule has 0 saturated carbocycles. The molecule has 8 heteroatoms. The lowest BCUT2D eigenvalue weighted by Crippen LogP contribution is -2.30. The molecule has 0 bridgehead atoms. The van der Waals surface area contributed by atoms with Gasteiger partial charge < -0.3 is 26.0 Å². The van der Waals surface area contributed by atoms with Gasteiger partial charge in [0.1, 0.15) is 11.6 Å². The Morgan fingerprint density at radius 1 is 1.28 bits per heavy atom. The normalized spacial score (nSPS) is 14.2. The molecule has 1 saturated heterocycles. The Hall–Kier alpha value is -2.87. The molecule has 0 unspecified atom stereocenters. The second-order valence-electron chi connectivity index (χ2n) is 6.76. The van der Waals surface area contributed by atoms with Crippen molar-refractivity contribution >= 4 is 17.2 Å². The van der Waals surface area contributed by atoms with Crippen molar-refractivity contribution in [2.45, 2.75) is 46.1 Å². The Kier molecular flexibility index (Phi) is 9.17. The molecule has 3 rings (SSSR count). The number of aromatic nitrogens is 3. The quantitative estimate of drug-likeness (QED) is 0.588. The number of allylic oxidation sites excluding steroid dienone is 1. The summed E-state index contributed by atoms with van der Waals surface area (Å²) >= 11 is 0. The highest BCUT2D eigenvalue weighted by molar-refractivity contribution is 5.63. The van der Waals surface area contributed by atoms with Crippen molar-refractivity contribution in [1.29, 1.82) is 0 Å². The van der Waals surface area contributed by atoms with E-state index in [-0.39, 0.29) is 12.2 Å². The molecule has 3 heterocycles. The number of H-pyrrole nitrogens is 1. The summed E-state index contributed by atoms with van der Waals surface area (Å²) < 4.78 is 0. The Bertz CT molecular complexity index is 823. The van der Waals surface area contributed by atoms with E-state index < -0.39 is 0 Å². The number of piperidine rings is 1. The average Bonchev–Trinajstić information content (AvgIpc) is 2.75. The van der Waals surface area contributed by atoms with Gasteiger partial charge in [-0.15, -0.1) is 0 Å². The monoisotopic (exact) mass is 400 g/mol. The van der Waals surface area contributed by atoms with E-state index in [1.54, 1.807) is 25.4 Å². The molecular formula is C21H32N6O2. The molecule has 0 aromatic carbocycles. The standard InChI is InChI=1S/C19H26N6O.C2H6O/c1-2-15(11-20)19-23-16(21-12-14-6-7-18(26)22-13-14)10-17(24-19)25-8-4-3-5-9-25;1-2-3/h6-7,10-11,13H,2-5,8-9,12,20H2,1H3,(H,22,26)(H,21,23,24);3H,2H2,1H3/b15-11-;. The molecule has 0 atom stereocenters. The molecule has 2 aromatic heterocycles. The van der Waals surface area contributed by atoms with Crippen LogP contribution in [0.4, 0.5) is 11.6 Å². The molecule has 1 aliphatic heterocycles. The highest BCUT2D eigenvalue weighted by Crippen LogP contribution is 2.24. The van der Waals surface area contributed by atoms with E-state index in [4.69, 9.17) is 15.8 Å². The third kappa shape index (κ3) is 6.90. The Morgan fingerprint density at radius 3 is 2.59 bits per heavy atom. The highest BCUT2D eigenvalue weighted by atomic mass is 16.2. The smallest absolute Gasteiger partial charge is 0.247 e. The summed E-state index contributed by atoms with van der Waals surface area (Å²) in [6, 6.07) is 5.31. The summed E-state index contributed by atoms with van der Waals surface area (Å²) in [5.41, 5.74) is 7.57. The van der Waals surface area contributed by atoms with Crippen LogP contribution >= 0.6 is 0 Å². The van der Waals surface area contributed by atoms with E-state index >= 15 is 0 Å². The molecule has 0 spiro atoms. The van der Waals surface area contributed by atoms with E-state index in [9.17, 15) is 4.79 Å². The number of anilines is 2. The SMILES string of the molecule is CC/C(=C/N)c1nc(NCc2ccc(=O)[nH]c2)cc(N2CCCCC2)n1.CCO. The van der Waals surface area contributed by atoms with Gasteiger partial charge in [-0.3, -0.25) is 4.79 Å². The van der Waals surface area contributed by atoms with E-state index in [1.165, 1.54) is 25.3 Å². The highest BCUT2D eigenvalue weighted by Gasteiger charge is 2.16. The number of nitrogens with two attached hydrogens (primary N) is 1. The fourth-order valence-corrected chi connectivity index (χ4v) is 3.05. The number of nitrogens with one attached hydrogen (secondary N) is 2. The molecule has 1 aliphatic rings. The van der Waals surface area contributed by atoms with Crippen molar-refractivity contribution in [2.75, 3.05) is 29.9 Å². The first kappa shape index (κ1) is 22.4. The number of hydrogen-bond acceptors (Lipinski definition) is 7. The van der Waals surface area contributed by atoms with Crippen LogP contribution in [0, 0.1) is 0 Å². The van der Waals surface area contributed by atoms with Gasteiger partial charge in [0, 0.05) is 56.3 Å². The van der Waals surface area contributed by atoms with Crippen molar-refractivity contribution in [3.8, 4) is 0 Å². The summed E-state index contributed by atoms with van der Waals surface area (Å²) in [7, 11) is 0. The summed E-state index contributed by atoms with van der Waals surface area (Å²) in [6.07, 6.45) is 7.72. The van der Waals surface area contributed by atoms with Crippen molar-refractivity contribution < 1.29 is 5.11 Å². The van der Waals surface area contributed by atoms with Gasteiger partial charge in [-0.2, -0.15) is 0 Å². The third-order valence-corrected chi connectivity index (χ3v) is 4.58. The van der Waals surface area contributed by atoms with Gasteiger partial charge >= 0.3 is 0 Å². The number of aromatic amines is 1. The molecule has 158 valence electrons. The lowest BCUT2D eigenvalue weighted by atomic mass is 10.1. The second kappa shape index (κ2) is 11.9. The molecule has 29 heavy (non-hydrogen) atoms. The molecule has 0 amide bonds. The number of aliphatic hydroxyl groups is 1. The zero-order valence-corrected chi connectivity index (χ0v) is 17.3. The zero-order valence-electron chi connectivity index (χ0n) is 17.3. The second-order valence-corrected chi connectivity index (χ2v) is 6.76. The molecule has 5 N–H and O–H groups in total. The summed E-state index contributed by atoms with van der Waals surface area (Å²) in [5.74, 6) is 2.36. The number of hydrogen-bond donors (Lipinski definition) is 4. The average molecular weight is 401 g/mol. The lowest BCUT2D eigenvalue weighted by molar-refractivity contribution is 0.318. The maximum absolute atomic E-state index is 11.2. The minimum atomic E-state index is -0.105. The van der Waals surface area contributed by atoms with E-state index in [0.29, 0.717) is 12.4 Å². The van der Waals surface area contributed by atoms with Crippen LogP contribution in [0.2, 0.25) is 0 Å². The largest absolute Gasteiger partial charge is 0.404 e. The predicted molar refractivity (Wildman–Crippen MR) is 118 cm³/mol. The van der Waals surface area contributed by atoms with Gasteiger partial charge in [-0.25, -0.2) is 9.97 Å². The number of nitrogens with zero attached hydrogens (tertiary/aromatic N) is 3. The van der Waals surface area contributed by atoms with E-state index in [0.717, 1.165) is 42.3 Å². The molecule has 1 fully saturated rings. The van der Waals surface area contributed by atoms with Crippen molar-refractivity contribution in [3.05, 3.63) is 52.3 Å². The van der Waals surface area contributed by atoms with Gasteiger partial charge in [0.25, 0.3) is 0 Å². The first-order valence-electron chi connectivity index (χ1n) is 10.2. The molecule has 2 aromatic rings. The van der Waals surface area contributed by atoms with Crippen LogP contribution in [0.5, 0.6) is 0 Å². The minimum Gasteiger partial charge on any atom is -0.404 e. The van der Waals surface area contributed by atoms with Crippen LogP contribution in [-0.4, -0.2) is 39.8 Å². The van der Waals surface area contributed by atoms with Crippen molar-refractivity contribution in [3.63, 3.8) is 0 Å². The van der Waals surface area contributed by atoms with E-state index in [2.05, 4.69) is 20.2 Å². The van der Waals surface area contributed by atoms with Crippen LogP contribution in [0.1, 0.15) is 50.9 Å². The van der Waals surface area contributed by atoms with Crippen LogP contribution in [-0.2, 0) is 6.54 Å². The van der Waals surface area contributed by atoms with Gasteiger partial charge in [0.2, 0.25) is 5.56 Å². The molecule has 8 nitrogen and oxygen atoms in total. The zero-order chi connectivity index (χ0) is 21.1. The van der Waals surface area contributed by atoms with E-state index in [1.807, 2.05) is 13.0 Å². The molecular weight excluding hydrogens is 368 g/mol. The maximum atomic E-state index is 11.2. The fraction of sp³-hybridized carbons (Fsp3) is 0.476. The van der Waals surface area contributed by atoms with Crippen molar-refractivity contribution in [1.82, 2.24) is 15.0 Å². The summed E-state index contributed by atoms with van der Waals surface area (Å²) in [5, 5.41) is 10.9. The lowest BCUT2D eigenvalue weighted by Gasteiger charge is -2.28. The van der Waals surface area contributed by atoms with Crippen LogP contribution < -0.4 is 21.5 Å². The van der Waals surface area contributed by atoms with Gasteiger partial charge in [-0.1, -0.05) is 13.0 Å².